The maximum atomic E-state index is 13.1. The van der Waals surface area contributed by atoms with Gasteiger partial charge in [-0.05, 0) is 41.7 Å². The van der Waals surface area contributed by atoms with Gasteiger partial charge in [-0.1, -0.05) is 32.9 Å². The van der Waals surface area contributed by atoms with Crippen LogP contribution >= 0.6 is 0 Å². The highest BCUT2D eigenvalue weighted by Gasteiger charge is 2.27. The average molecular weight is 365 g/mol. The number of piperazine rings is 1. The molecule has 27 heavy (non-hydrogen) atoms. The van der Waals surface area contributed by atoms with Crippen molar-refractivity contribution < 1.29 is 9.59 Å². The molecular formula is C22H27N3O2. The largest absolute Gasteiger partial charge is 0.335 e. The summed E-state index contributed by atoms with van der Waals surface area (Å²) in [6.07, 6.45) is 3.24. The molecule has 0 atom stereocenters. The Morgan fingerprint density at radius 1 is 0.963 bits per heavy atom. The quantitative estimate of drug-likeness (QED) is 0.821. The summed E-state index contributed by atoms with van der Waals surface area (Å²) in [6, 6.07) is 9.67. The molecule has 1 saturated heterocycles. The van der Waals surface area contributed by atoms with Crippen molar-refractivity contribution in [1.82, 2.24) is 14.8 Å². The molecule has 2 heterocycles. The molecule has 0 unspecified atom stereocenters. The fourth-order valence-corrected chi connectivity index (χ4v) is 3.27. The summed E-state index contributed by atoms with van der Waals surface area (Å²) in [7, 11) is 0. The molecule has 1 aliphatic heterocycles. The predicted octanol–water partition coefficient (Wildman–Crippen LogP) is 3.29. The summed E-state index contributed by atoms with van der Waals surface area (Å²) in [4.78, 5) is 33.2. The van der Waals surface area contributed by atoms with Gasteiger partial charge in [-0.3, -0.25) is 14.6 Å². The van der Waals surface area contributed by atoms with E-state index in [4.69, 9.17) is 0 Å². The third-order valence-corrected chi connectivity index (χ3v) is 5.10. The van der Waals surface area contributed by atoms with Gasteiger partial charge >= 0.3 is 0 Å². The van der Waals surface area contributed by atoms with Gasteiger partial charge in [0.2, 0.25) is 0 Å². The van der Waals surface area contributed by atoms with Gasteiger partial charge in [-0.25, -0.2) is 0 Å². The Balaban J connectivity index is 1.70. The molecule has 0 bridgehead atoms. The summed E-state index contributed by atoms with van der Waals surface area (Å²) < 4.78 is 0. The first-order valence-electron chi connectivity index (χ1n) is 9.37. The van der Waals surface area contributed by atoms with E-state index in [1.54, 1.807) is 29.4 Å². The average Bonchev–Trinajstić information content (AvgIpc) is 2.67. The monoisotopic (exact) mass is 365 g/mol. The van der Waals surface area contributed by atoms with Crippen LogP contribution in [-0.4, -0.2) is 52.8 Å². The van der Waals surface area contributed by atoms with Crippen molar-refractivity contribution in [3.05, 3.63) is 65.0 Å². The SMILES string of the molecule is Cc1ccc(C(C)(C)C)cc1C(=O)N1CCN(C(=O)c2cccnc2)CC1. The van der Waals surface area contributed by atoms with E-state index >= 15 is 0 Å². The highest BCUT2D eigenvalue weighted by Crippen LogP contribution is 2.25. The van der Waals surface area contributed by atoms with Gasteiger partial charge in [0.05, 0.1) is 5.56 Å². The van der Waals surface area contributed by atoms with Gasteiger partial charge < -0.3 is 9.80 Å². The molecule has 1 aromatic heterocycles. The van der Waals surface area contributed by atoms with Crippen LogP contribution in [0.4, 0.5) is 0 Å². The first kappa shape index (κ1) is 19.1. The fraction of sp³-hybridized carbons (Fsp3) is 0.409. The molecule has 5 nitrogen and oxygen atoms in total. The Hall–Kier alpha value is -2.69. The number of aryl methyl sites for hydroxylation is 1. The number of carbonyl (C=O) groups is 2. The van der Waals surface area contributed by atoms with E-state index in [9.17, 15) is 9.59 Å². The molecule has 1 aliphatic rings. The lowest BCUT2D eigenvalue weighted by molar-refractivity contribution is 0.0534. The standard InChI is InChI=1S/C22H27N3O2/c1-16-7-8-18(22(2,3)4)14-19(16)21(27)25-12-10-24(11-13-25)20(26)17-6-5-9-23-15-17/h5-9,14-15H,10-13H2,1-4H3. The van der Waals surface area contributed by atoms with Gasteiger partial charge in [0, 0.05) is 44.1 Å². The van der Waals surface area contributed by atoms with E-state index in [0.717, 1.165) is 16.7 Å². The maximum absolute atomic E-state index is 13.1. The van der Waals surface area contributed by atoms with Crippen molar-refractivity contribution in [1.29, 1.82) is 0 Å². The minimum Gasteiger partial charge on any atom is -0.335 e. The molecule has 1 fully saturated rings. The number of pyridine rings is 1. The van der Waals surface area contributed by atoms with Crippen molar-refractivity contribution in [3.8, 4) is 0 Å². The number of carbonyl (C=O) groups excluding carboxylic acids is 2. The lowest BCUT2D eigenvalue weighted by Crippen LogP contribution is -2.50. The first-order chi connectivity index (χ1) is 12.8. The molecule has 0 aliphatic carbocycles. The van der Waals surface area contributed by atoms with E-state index in [0.29, 0.717) is 31.7 Å². The number of amides is 2. The van der Waals surface area contributed by atoms with Crippen molar-refractivity contribution in [2.75, 3.05) is 26.2 Å². The zero-order valence-electron chi connectivity index (χ0n) is 16.5. The minimum atomic E-state index is -0.0268. The highest BCUT2D eigenvalue weighted by molar-refractivity contribution is 5.97. The third-order valence-electron chi connectivity index (χ3n) is 5.10. The number of benzene rings is 1. The zero-order valence-corrected chi connectivity index (χ0v) is 16.5. The van der Waals surface area contributed by atoms with Gasteiger partial charge in [-0.2, -0.15) is 0 Å². The molecule has 1 aromatic carbocycles. The lowest BCUT2D eigenvalue weighted by Gasteiger charge is -2.35. The Labute approximate surface area is 161 Å². The second-order valence-electron chi connectivity index (χ2n) is 8.11. The van der Waals surface area contributed by atoms with Crippen molar-refractivity contribution in [2.45, 2.75) is 33.1 Å². The summed E-state index contributed by atoms with van der Waals surface area (Å²) in [6.45, 7) is 10.6. The number of rotatable bonds is 2. The summed E-state index contributed by atoms with van der Waals surface area (Å²) in [5.74, 6) is 0.0215. The second kappa shape index (κ2) is 7.51. The molecule has 0 saturated carbocycles. The number of hydrogen-bond acceptors (Lipinski definition) is 3. The van der Waals surface area contributed by atoms with Gasteiger partial charge in [0.1, 0.15) is 0 Å². The maximum Gasteiger partial charge on any atom is 0.255 e. The second-order valence-corrected chi connectivity index (χ2v) is 8.11. The molecule has 0 N–H and O–H groups in total. The van der Waals surface area contributed by atoms with Crippen LogP contribution in [0.2, 0.25) is 0 Å². The van der Waals surface area contributed by atoms with Crippen molar-refractivity contribution in [3.63, 3.8) is 0 Å². The summed E-state index contributed by atoms with van der Waals surface area (Å²) in [5.41, 5.74) is 3.49. The first-order valence-corrected chi connectivity index (χ1v) is 9.37. The topological polar surface area (TPSA) is 53.5 Å². The highest BCUT2D eigenvalue weighted by atomic mass is 16.2. The third kappa shape index (κ3) is 4.18. The van der Waals surface area contributed by atoms with Crippen LogP contribution in [0.25, 0.3) is 0 Å². The van der Waals surface area contributed by atoms with Crippen LogP contribution in [0.1, 0.15) is 52.6 Å². The molecular weight excluding hydrogens is 338 g/mol. The Kier molecular flexibility index (Phi) is 5.31. The van der Waals surface area contributed by atoms with Gasteiger partial charge in [-0.15, -0.1) is 0 Å². The van der Waals surface area contributed by atoms with Gasteiger partial charge in [0.15, 0.2) is 0 Å². The summed E-state index contributed by atoms with van der Waals surface area (Å²) >= 11 is 0. The normalized spacial score (nSPS) is 15.0. The van der Waals surface area contributed by atoms with Gasteiger partial charge in [0.25, 0.3) is 11.8 Å². The molecule has 2 aromatic rings. The number of aromatic nitrogens is 1. The smallest absolute Gasteiger partial charge is 0.255 e. The van der Waals surface area contributed by atoms with Crippen LogP contribution in [0.5, 0.6) is 0 Å². The fourth-order valence-electron chi connectivity index (χ4n) is 3.27. The number of nitrogens with zero attached hydrogens (tertiary/aromatic N) is 3. The molecule has 142 valence electrons. The molecule has 0 radical (unpaired) electrons. The van der Waals surface area contributed by atoms with Crippen LogP contribution in [0.15, 0.2) is 42.7 Å². The van der Waals surface area contributed by atoms with Crippen LogP contribution in [0.3, 0.4) is 0 Å². The number of hydrogen-bond donors (Lipinski definition) is 0. The molecule has 2 amide bonds. The van der Waals surface area contributed by atoms with Crippen LogP contribution in [0, 0.1) is 6.92 Å². The Morgan fingerprint density at radius 3 is 2.15 bits per heavy atom. The summed E-state index contributed by atoms with van der Waals surface area (Å²) in [5, 5.41) is 0. The lowest BCUT2D eigenvalue weighted by atomic mass is 9.85. The Bertz CT molecular complexity index is 832. The minimum absolute atomic E-state index is 0.00242. The molecule has 3 rings (SSSR count). The Morgan fingerprint density at radius 2 is 1.59 bits per heavy atom. The van der Waals surface area contributed by atoms with E-state index in [1.165, 1.54) is 0 Å². The van der Waals surface area contributed by atoms with Crippen LogP contribution < -0.4 is 0 Å². The van der Waals surface area contributed by atoms with E-state index < -0.39 is 0 Å². The van der Waals surface area contributed by atoms with Crippen molar-refractivity contribution in [2.24, 2.45) is 0 Å². The van der Waals surface area contributed by atoms with Crippen LogP contribution in [-0.2, 0) is 5.41 Å². The van der Waals surface area contributed by atoms with Crippen molar-refractivity contribution >= 4 is 11.8 Å². The molecule has 0 spiro atoms. The predicted molar refractivity (Wildman–Crippen MR) is 106 cm³/mol. The molecule has 5 heteroatoms. The van der Waals surface area contributed by atoms with E-state index in [-0.39, 0.29) is 17.2 Å². The van der Waals surface area contributed by atoms with E-state index in [2.05, 4.69) is 31.8 Å². The van der Waals surface area contributed by atoms with E-state index in [1.807, 2.05) is 24.0 Å². The zero-order chi connectivity index (χ0) is 19.6.